The van der Waals surface area contributed by atoms with Crippen LogP contribution in [0.4, 0.5) is 0 Å². The summed E-state index contributed by atoms with van der Waals surface area (Å²) in [6.07, 6.45) is 0. The van der Waals surface area contributed by atoms with Gasteiger partial charge in [-0.1, -0.05) is 5.16 Å². The quantitative estimate of drug-likeness (QED) is 0.667. The normalized spacial score (nSPS) is 12.3. The van der Waals surface area contributed by atoms with Crippen molar-refractivity contribution in [3.63, 3.8) is 0 Å². The van der Waals surface area contributed by atoms with E-state index in [1.807, 2.05) is 0 Å². The first-order chi connectivity index (χ1) is 12.5. The van der Waals surface area contributed by atoms with Crippen molar-refractivity contribution in [3.05, 3.63) is 69.5 Å². The average molecular weight is 389 g/mol. The minimum absolute atomic E-state index is 0.0552. The third-order valence-corrected chi connectivity index (χ3v) is 6.89. The van der Waals surface area contributed by atoms with Gasteiger partial charge in [-0.25, -0.2) is 8.42 Å². The van der Waals surface area contributed by atoms with Gasteiger partial charge in [-0.2, -0.15) is 0 Å². The number of nitrogens with one attached hydrogen (secondary N) is 1. The SMILES string of the molecule is Cc1cc(C(C)(C)S(=O)(=O)c2ccc(C(=O)c3cc(=O)n(C)[nH]3)cc2)on1. The van der Waals surface area contributed by atoms with Gasteiger partial charge in [-0.3, -0.25) is 19.4 Å². The zero-order valence-electron chi connectivity index (χ0n) is 15.3. The van der Waals surface area contributed by atoms with Gasteiger partial charge >= 0.3 is 0 Å². The number of aromatic amines is 1. The summed E-state index contributed by atoms with van der Waals surface area (Å²) < 4.78 is 31.1. The fourth-order valence-corrected chi connectivity index (χ4v) is 4.06. The van der Waals surface area contributed by atoms with Crippen molar-refractivity contribution in [2.75, 3.05) is 0 Å². The molecule has 0 aliphatic carbocycles. The van der Waals surface area contributed by atoms with Crippen molar-refractivity contribution < 1.29 is 17.7 Å². The van der Waals surface area contributed by atoms with E-state index in [0.717, 1.165) is 0 Å². The predicted octanol–water partition coefficient (Wildman–Crippen LogP) is 1.95. The summed E-state index contributed by atoms with van der Waals surface area (Å²) in [5, 5.41) is 6.41. The van der Waals surface area contributed by atoms with E-state index in [0.29, 0.717) is 5.69 Å². The molecule has 27 heavy (non-hydrogen) atoms. The molecule has 0 saturated heterocycles. The number of hydrogen-bond donors (Lipinski definition) is 1. The van der Waals surface area contributed by atoms with E-state index in [2.05, 4.69) is 10.3 Å². The van der Waals surface area contributed by atoms with Crippen LogP contribution < -0.4 is 5.56 Å². The molecule has 0 bridgehead atoms. The van der Waals surface area contributed by atoms with Crippen LogP contribution in [0.3, 0.4) is 0 Å². The Labute approximate surface area is 155 Å². The fourth-order valence-electron chi connectivity index (χ4n) is 2.62. The molecule has 2 aromatic heterocycles. The van der Waals surface area contributed by atoms with Gasteiger partial charge in [0, 0.05) is 24.7 Å². The lowest BCUT2D eigenvalue weighted by atomic mass is 10.1. The van der Waals surface area contributed by atoms with Crippen molar-refractivity contribution in [3.8, 4) is 0 Å². The standard InChI is InChI=1S/C18H19N3O5S/c1-11-9-15(26-20-11)18(2,3)27(24,25)13-7-5-12(6-8-13)17(23)14-10-16(22)21(4)19-14/h5-10,19H,1-4H3. The lowest BCUT2D eigenvalue weighted by Crippen LogP contribution is -2.29. The van der Waals surface area contributed by atoms with E-state index < -0.39 is 20.4 Å². The molecule has 0 amide bonds. The molecule has 0 unspecified atom stereocenters. The van der Waals surface area contributed by atoms with Gasteiger partial charge < -0.3 is 4.52 Å². The number of ketones is 1. The third-order valence-electron chi connectivity index (χ3n) is 4.45. The Kier molecular flexibility index (Phi) is 4.43. The van der Waals surface area contributed by atoms with E-state index in [-0.39, 0.29) is 27.5 Å². The Morgan fingerprint density at radius 2 is 1.81 bits per heavy atom. The molecule has 142 valence electrons. The van der Waals surface area contributed by atoms with Gasteiger partial charge in [0.15, 0.2) is 15.6 Å². The summed E-state index contributed by atoms with van der Waals surface area (Å²) in [4.78, 5) is 24.0. The number of hydrogen-bond acceptors (Lipinski definition) is 6. The molecule has 0 fully saturated rings. The number of aryl methyl sites for hydroxylation is 2. The van der Waals surface area contributed by atoms with Crippen LogP contribution in [0.5, 0.6) is 0 Å². The van der Waals surface area contributed by atoms with Gasteiger partial charge in [0.05, 0.1) is 10.6 Å². The van der Waals surface area contributed by atoms with Gasteiger partial charge in [0.2, 0.25) is 5.78 Å². The largest absolute Gasteiger partial charge is 0.359 e. The molecule has 3 rings (SSSR count). The summed E-state index contributed by atoms with van der Waals surface area (Å²) in [7, 11) is -2.29. The fraction of sp³-hybridized carbons (Fsp3) is 0.278. The Bertz CT molecular complexity index is 1160. The molecule has 0 saturated carbocycles. The van der Waals surface area contributed by atoms with Crippen LogP contribution in [0, 0.1) is 6.92 Å². The van der Waals surface area contributed by atoms with E-state index in [1.165, 1.54) is 55.9 Å². The third kappa shape index (κ3) is 3.14. The van der Waals surface area contributed by atoms with Crippen molar-refractivity contribution in [2.45, 2.75) is 30.4 Å². The van der Waals surface area contributed by atoms with Crippen LogP contribution in [0.2, 0.25) is 0 Å². The highest BCUT2D eigenvalue weighted by molar-refractivity contribution is 7.92. The lowest BCUT2D eigenvalue weighted by Gasteiger charge is -2.21. The molecule has 8 nitrogen and oxygen atoms in total. The van der Waals surface area contributed by atoms with E-state index >= 15 is 0 Å². The first kappa shape index (κ1) is 18.8. The molecule has 2 heterocycles. The lowest BCUT2D eigenvalue weighted by molar-refractivity contribution is 0.103. The number of sulfone groups is 1. The molecular weight excluding hydrogens is 370 g/mol. The summed E-state index contributed by atoms with van der Waals surface area (Å²) in [6.45, 7) is 4.79. The topological polar surface area (TPSA) is 115 Å². The number of aromatic nitrogens is 3. The molecule has 0 radical (unpaired) electrons. The first-order valence-electron chi connectivity index (χ1n) is 8.13. The van der Waals surface area contributed by atoms with Crippen molar-refractivity contribution in [1.82, 2.24) is 14.9 Å². The number of H-pyrrole nitrogens is 1. The Hall–Kier alpha value is -2.94. The zero-order valence-corrected chi connectivity index (χ0v) is 16.1. The summed E-state index contributed by atoms with van der Waals surface area (Å²) in [5.41, 5.74) is 0.660. The Morgan fingerprint density at radius 3 is 2.30 bits per heavy atom. The minimum atomic E-state index is -3.79. The Morgan fingerprint density at radius 1 is 1.19 bits per heavy atom. The molecule has 0 aliphatic heterocycles. The summed E-state index contributed by atoms with van der Waals surface area (Å²) in [5.74, 6) is -0.163. The van der Waals surface area contributed by atoms with Crippen LogP contribution >= 0.6 is 0 Å². The van der Waals surface area contributed by atoms with Crippen molar-refractivity contribution >= 4 is 15.6 Å². The molecule has 1 aromatic carbocycles. The van der Waals surface area contributed by atoms with Crippen LogP contribution in [0.25, 0.3) is 0 Å². The average Bonchev–Trinajstić information content (AvgIpc) is 3.20. The monoisotopic (exact) mass is 389 g/mol. The number of nitrogens with zero attached hydrogens (tertiary/aromatic N) is 2. The molecule has 1 N–H and O–H groups in total. The zero-order chi connectivity index (χ0) is 20.0. The maximum atomic E-state index is 13.0. The molecule has 9 heteroatoms. The van der Waals surface area contributed by atoms with E-state index in [1.54, 1.807) is 13.0 Å². The second-order valence-corrected chi connectivity index (χ2v) is 9.27. The van der Waals surface area contributed by atoms with Crippen LogP contribution in [-0.2, 0) is 21.6 Å². The minimum Gasteiger partial charge on any atom is -0.359 e. The van der Waals surface area contributed by atoms with Crippen molar-refractivity contribution in [2.24, 2.45) is 7.05 Å². The van der Waals surface area contributed by atoms with Gasteiger partial charge in [0.1, 0.15) is 10.4 Å². The maximum absolute atomic E-state index is 13.0. The molecule has 0 aliphatic rings. The molecular formula is C18H19N3O5S. The number of carbonyl (C=O) groups excluding carboxylic acids is 1. The summed E-state index contributed by atoms with van der Waals surface area (Å²) >= 11 is 0. The summed E-state index contributed by atoms with van der Waals surface area (Å²) in [6, 6.07) is 8.36. The number of carbonyl (C=O) groups is 1. The van der Waals surface area contributed by atoms with E-state index in [9.17, 15) is 18.0 Å². The first-order valence-corrected chi connectivity index (χ1v) is 9.61. The van der Waals surface area contributed by atoms with Gasteiger partial charge in [0.25, 0.3) is 5.56 Å². The second-order valence-electron chi connectivity index (χ2n) is 6.77. The maximum Gasteiger partial charge on any atom is 0.266 e. The number of benzene rings is 1. The van der Waals surface area contributed by atoms with Gasteiger partial charge in [-0.15, -0.1) is 0 Å². The highest BCUT2D eigenvalue weighted by Crippen LogP contribution is 2.35. The smallest absolute Gasteiger partial charge is 0.266 e. The predicted molar refractivity (Wildman–Crippen MR) is 97.4 cm³/mol. The highest BCUT2D eigenvalue weighted by Gasteiger charge is 2.41. The molecule has 3 aromatic rings. The van der Waals surface area contributed by atoms with Crippen LogP contribution in [0.1, 0.15) is 41.4 Å². The van der Waals surface area contributed by atoms with Crippen molar-refractivity contribution in [1.29, 1.82) is 0 Å². The van der Waals surface area contributed by atoms with Crippen LogP contribution in [0.15, 0.2) is 50.6 Å². The molecule has 0 atom stereocenters. The van der Waals surface area contributed by atoms with E-state index in [4.69, 9.17) is 4.52 Å². The highest BCUT2D eigenvalue weighted by atomic mass is 32.2. The number of rotatable bonds is 5. The Balaban J connectivity index is 1.94. The van der Waals surface area contributed by atoms with Crippen LogP contribution in [-0.4, -0.2) is 29.1 Å². The second kappa shape index (κ2) is 6.34. The molecule has 0 spiro atoms. The van der Waals surface area contributed by atoms with Gasteiger partial charge in [-0.05, 0) is 45.0 Å².